The molecule has 0 amide bonds. The van der Waals surface area contributed by atoms with Gasteiger partial charge in [-0.05, 0) is 13.0 Å². The standard InChI is InChI=1S/C12H16O5/c1-7(13)8-5-9(12(14)17-4)11(16-3)6-10(8)15-2/h5-7,13H,1-4H3. The number of rotatable bonds is 4. The smallest absolute Gasteiger partial charge is 0.341 e. The number of methoxy groups -OCH3 is 3. The van der Waals surface area contributed by atoms with Crippen molar-refractivity contribution in [2.24, 2.45) is 0 Å². The zero-order valence-electron chi connectivity index (χ0n) is 10.3. The predicted octanol–water partition coefficient (Wildman–Crippen LogP) is 1.54. The van der Waals surface area contributed by atoms with Crippen LogP contribution in [0.15, 0.2) is 12.1 Å². The van der Waals surface area contributed by atoms with Crippen molar-refractivity contribution in [3.63, 3.8) is 0 Å². The molecular weight excluding hydrogens is 224 g/mol. The Hall–Kier alpha value is -1.75. The highest BCUT2D eigenvalue weighted by Crippen LogP contribution is 2.33. The lowest BCUT2D eigenvalue weighted by atomic mass is 10.0. The summed E-state index contributed by atoms with van der Waals surface area (Å²) in [7, 11) is 4.22. The molecule has 0 heterocycles. The van der Waals surface area contributed by atoms with Crippen molar-refractivity contribution < 1.29 is 24.1 Å². The van der Waals surface area contributed by atoms with E-state index in [0.717, 1.165) is 0 Å². The minimum absolute atomic E-state index is 0.256. The fourth-order valence-electron chi connectivity index (χ4n) is 1.52. The van der Waals surface area contributed by atoms with Crippen molar-refractivity contribution in [1.82, 2.24) is 0 Å². The molecule has 0 aliphatic carbocycles. The Labute approximate surface area is 99.9 Å². The molecule has 0 spiro atoms. The SMILES string of the molecule is COC(=O)c1cc(C(C)O)c(OC)cc1OC. The Balaban J connectivity index is 3.39. The molecule has 94 valence electrons. The van der Waals surface area contributed by atoms with E-state index >= 15 is 0 Å². The first-order chi connectivity index (χ1) is 8.04. The van der Waals surface area contributed by atoms with Crippen molar-refractivity contribution in [1.29, 1.82) is 0 Å². The van der Waals surface area contributed by atoms with Crippen LogP contribution in [0.4, 0.5) is 0 Å². The number of aliphatic hydroxyl groups is 1. The van der Waals surface area contributed by atoms with Gasteiger partial charge in [0.05, 0.1) is 27.4 Å². The highest BCUT2D eigenvalue weighted by molar-refractivity contribution is 5.93. The maximum Gasteiger partial charge on any atom is 0.341 e. The third kappa shape index (κ3) is 2.68. The second-order valence-corrected chi connectivity index (χ2v) is 3.46. The second kappa shape index (κ2) is 5.54. The van der Waals surface area contributed by atoms with Crippen molar-refractivity contribution in [3.05, 3.63) is 23.3 Å². The summed E-state index contributed by atoms with van der Waals surface area (Å²) in [5.41, 5.74) is 0.764. The molecule has 0 fully saturated rings. The van der Waals surface area contributed by atoms with Crippen LogP contribution in [0.3, 0.4) is 0 Å². The molecule has 5 nitrogen and oxygen atoms in total. The number of carbonyl (C=O) groups is 1. The summed E-state index contributed by atoms with van der Waals surface area (Å²) in [5, 5.41) is 9.61. The van der Waals surface area contributed by atoms with E-state index in [9.17, 15) is 9.90 Å². The highest BCUT2D eigenvalue weighted by atomic mass is 16.5. The topological polar surface area (TPSA) is 65.0 Å². The summed E-state index contributed by atoms with van der Waals surface area (Å²) in [5.74, 6) is 0.286. The second-order valence-electron chi connectivity index (χ2n) is 3.46. The number of ether oxygens (including phenoxy) is 3. The van der Waals surface area contributed by atoms with Crippen molar-refractivity contribution in [3.8, 4) is 11.5 Å². The molecule has 0 bridgehead atoms. The lowest BCUT2D eigenvalue weighted by Crippen LogP contribution is -2.07. The molecule has 5 heteroatoms. The molecule has 0 aliphatic rings. The highest BCUT2D eigenvalue weighted by Gasteiger charge is 2.19. The van der Waals surface area contributed by atoms with Crippen LogP contribution >= 0.6 is 0 Å². The number of esters is 1. The Morgan fingerprint density at radius 1 is 1.18 bits per heavy atom. The number of hydrogen-bond donors (Lipinski definition) is 1. The molecule has 1 aromatic rings. The first-order valence-electron chi connectivity index (χ1n) is 5.07. The molecule has 0 radical (unpaired) electrons. The van der Waals surface area contributed by atoms with Gasteiger partial charge in [0.25, 0.3) is 0 Å². The maximum atomic E-state index is 11.5. The first kappa shape index (κ1) is 13.3. The normalized spacial score (nSPS) is 11.8. The van der Waals surface area contributed by atoms with Crippen molar-refractivity contribution >= 4 is 5.97 Å². The van der Waals surface area contributed by atoms with E-state index in [4.69, 9.17) is 9.47 Å². The van der Waals surface area contributed by atoms with E-state index in [2.05, 4.69) is 4.74 Å². The van der Waals surface area contributed by atoms with Gasteiger partial charge in [-0.3, -0.25) is 0 Å². The van der Waals surface area contributed by atoms with E-state index in [1.807, 2.05) is 0 Å². The molecule has 17 heavy (non-hydrogen) atoms. The van der Waals surface area contributed by atoms with E-state index < -0.39 is 12.1 Å². The summed E-state index contributed by atoms with van der Waals surface area (Å²) >= 11 is 0. The van der Waals surface area contributed by atoms with Gasteiger partial charge in [0.15, 0.2) is 0 Å². The van der Waals surface area contributed by atoms with Crippen LogP contribution in [0.2, 0.25) is 0 Å². The first-order valence-corrected chi connectivity index (χ1v) is 5.07. The molecular formula is C12H16O5. The van der Waals surface area contributed by atoms with E-state index in [0.29, 0.717) is 17.1 Å². The van der Waals surface area contributed by atoms with Gasteiger partial charge in [0.1, 0.15) is 17.1 Å². The molecule has 1 aromatic carbocycles. The zero-order chi connectivity index (χ0) is 13.0. The molecule has 1 unspecified atom stereocenters. The summed E-state index contributed by atoms with van der Waals surface area (Å²) in [6.07, 6.45) is -0.751. The Morgan fingerprint density at radius 3 is 2.18 bits per heavy atom. The molecule has 1 atom stereocenters. The third-order valence-electron chi connectivity index (χ3n) is 2.41. The number of hydrogen-bond acceptors (Lipinski definition) is 5. The lowest BCUT2D eigenvalue weighted by molar-refractivity contribution is 0.0596. The monoisotopic (exact) mass is 240 g/mol. The van der Waals surface area contributed by atoms with Gasteiger partial charge in [-0.15, -0.1) is 0 Å². The van der Waals surface area contributed by atoms with Gasteiger partial charge in [-0.1, -0.05) is 0 Å². The molecule has 0 aromatic heterocycles. The van der Waals surface area contributed by atoms with Gasteiger partial charge in [0.2, 0.25) is 0 Å². The average molecular weight is 240 g/mol. The molecule has 1 rings (SSSR count). The van der Waals surface area contributed by atoms with E-state index in [1.54, 1.807) is 13.0 Å². The summed E-state index contributed by atoms with van der Waals surface area (Å²) in [6, 6.07) is 3.06. The van der Waals surface area contributed by atoms with Crippen LogP contribution < -0.4 is 9.47 Å². The average Bonchev–Trinajstić information content (AvgIpc) is 2.35. The van der Waals surface area contributed by atoms with E-state index in [1.165, 1.54) is 27.4 Å². The minimum Gasteiger partial charge on any atom is -0.496 e. The largest absolute Gasteiger partial charge is 0.496 e. The fraction of sp³-hybridized carbons (Fsp3) is 0.417. The van der Waals surface area contributed by atoms with Gasteiger partial charge in [0, 0.05) is 11.6 Å². The summed E-state index contributed by atoms with van der Waals surface area (Å²) in [4.78, 5) is 11.5. The van der Waals surface area contributed by atoms with Crippen LogP contribution in [0, 0.1) is 0 Å². The van der Waals surface area contributed by atoms with Gasteiger partial charge in [-0.25, -0.2) is 4.79 Å². The number of aliphatic hydroxyl groups excluding tert-OH is 1. The van der Waals surface area contributed by atoms with Gasteiger partial charge >= 0.3 is 5.97 Å². The Morgan fingerprint density at radius 2 is 1.76 bits per heavy atom. The zero-order valence-corrected chi connectivity index (χ0v) is 10.3. The quantitative estimate of drug-likeness (QED) is 0.809. The number of benzene rings is 1. The third-order valence-corrected chi connectivity index (χ3v) is 2.41. The molecule has 1 N–H and O–H groups in total. The predicted molar refractivity (Wildman–Crippen MR) is 61.5 cm³/mol. The van der Waals surface area contributed by atoms with Gasteiger partial charge < -0.3 is 19.3 Å². The summed E-state index contributed by atoms with van der Waals surface area (Å²) in [6.45, 7) is 1.59. The lowest BCUT2D eigenvalue weighted by Gasteiger charge is -2.15. The molecule has 0 saturated carbocycles. The van der Waals surface area contributed by atoms with E-state index in [-0.39, 0.29) is 5.56 Å². The molecule has 0 aliphatic heterocycles. The van der Waals surface area contributed by atoms with Crippen LogP contribution in [0.25, 0.3) is 0 Å². The Kier molecular flexibility index (Phi) is 4.34. The van der Waals surface area contributed by atoms with Crippen LogP contribution in [0.1, 0.15) is 28.9 Å². The van der Waals surface area contributed by atoms with Crippen LogP contribution in [0.5, 0.6) is 11.5 Å². The van der Waals surface area contributed by atoms with Crippen molar-refractivity contribution in [2.75, 3.05) is 21.3 Å². The number of carbonyl (C=O) groups excluding carboxylic acids is 1. The van der Waals surface area contributed by atoms with Crippen LogP contribution in [-0.4, -0.2) is 32.4 Å². The molecule has 0 saturated heterocycles. The minimum atomic E-state index is -0.751. The van der Waals surface area contributed by atoms with Crippen LogP contribution in [-0.2, 0) is 4.74 Å². The Bertz CT molecular complexity index is 412. The maximum absolute atomic E-state index is 11.5. The van der Waals surface area contributed by atoms with Gasteiger partial charge in [-0.2, -0.15) is 0 Å². The van der Waals surface area contributed by atoms with Crippen molar-refractivity contribution in [2.45, 2.75) is 13.0 Å². The summed E-state index contributed by atoms with van der Waals surface area (Å²) < 4.78 is 14.9. The fourth-order valence-corrected chi connectivity index (χ4v) is 1.52.